The van der Waals surface area contributed by atoms with E-state index in [1.54, 1.807) is 7.11 Å². The molecular formula is C22H44O6Si2. The fraction of sp³-hybridized carbons (Fsp3) is 0.864. The van der Waals surface area contributed by atoms with Crippen molar-refractivity contribution >= 4 is 22.6 Å². The number of ether oxygens (including phenoxy) is 3. The van der Waals surface area contributed by atoms with E-state index in [0.717, 1.165) is 0 Å². The first kappa shape index (κ1) is 27.5. The fourth-order valence-corrected chi connectivity index (χ4v) is 5.38. The predicted molar refractivity (Wildman–Crippen MR) is 126 cm³/mol. The van der Waals surface area contributed by atoms with Crippen LogP contribution in [0.1, 0.15) is 48.5 Å². The molecule has 1 heterocycles. The van der Waals surface area contributed by atoms with Crippen LogP contribution in [0.3, 0.4) is 0 Å². The maximum Gasteiger partial charge on any atom is 0.330 e. The Kier molecular flexibility index (Phi) is 8.75. The summed E-state index contributed by atoms with van der Waals surface area (Å²) >= 11 is 0. The van der Waals surface area contributed by atoms with Gasteiger partial charge in [0.2, 0.25) is 0 Å². The Bertz CT molecular complexity index is 606. The van der Waals surface area contributed by atoms with Crippen LogP contribution in [0.2, 0.25) is 36.3 Å². The Labute approximate surface area is 185 Å². The van der Waals surface area contributed by atoms with E-state index in [4.69, 9.17) is 23.1 Å². The summed E-state index contributed by atoms with van der Waals surface area (Å²) in [5.74, 6) is -0.499. The average Bonchev–Trinajstić information content (AvgIpc) is 2.57. The van der Waals surface area contributed by atoms with Crippen LogP contribution in [-0.4, -0.2) is 60.4 Å². The smallest absolute Gasteiger partial charge is 0.330 e. The Balaban J connectivity index is 3.47. The SMILES string of the molecule is C=CC(=O)O[C@@H]1C(C)O[C@H](OC)C(O[Si](C)(C)C(C)(C)C)[C@H]1O[Si](C)(C)C(C)(C)C. The van der Waals surface area contributed by atoms with Crippen LogP contribution in [0.4, 0.5) is 0 Å². The summed E-state index contributed by atoms with van der Waals surface area (Å²) in [7, 11) is -2.81. The van der Waals surface area contributed by atoms with Crippen LogP contribution >= 0.6 is 0 Å². The van der Waals surface area contributed by atoms with Gasteiger partial charge in [-0.15, -0.1) is 0 Å². The summed E-state index contributed by atoms with van der Waals surface area (Å²) in [5.41, 5.74) is 0. The minimum Gasteiger partial charge on any atom is -0.454 e. The van der Waals surface area contributed by atoms with Crippen LogP contribution in [-0.2, 0) is 27.9 Å². The highest BCUT2D eigenvalue weighted by atomic mass is 28.4. The molecule has 0 aromatic heterocycles. The number of hydrogen-bond donors (Lipinski definition) is 0. The van der Waals surface area contributed by atoms with Gasteiger partial charge in [-0.1, -0.05) is 48.1 Å². The van der Waals surface area contributed by atoms with Gasteiger partial charge >= 0.3 is 5.97 Å². The molecule has 0 N–H and O–H groups in total. The average molecular weight is 461 g/mol. The lowest BCUT2D eigenvalue weighted by Crippen LogP contribution is -2.65. The molecular weight excluding hydrogens is 416 g/mol. The summed E-state index contributed by atoms with van der Waals surface area (Å²) in [6, 6.07) is 0. The molecule has 176 valence electrons. The summed E-state index contributed by atoms with van der Waals surface area (Å²) in [5, 5.41) is -0.0329. The van der Waals surface area contributed by atoms with Crippen LogP contribution in [0, 0.1) is 0 Å². The molecule has 1 rings (SSSR count). The third-order valence-electron chi connectivity index (χ3n) is 6.85. The number of carbonyl (C=O) groups excluding carboxylic acids is 1. The standard InChI is InChI=1S/C22H44O6Si2/c1-14-16(23)26-17-15(2)25-20(24-9)19(28-30(12,13)22(6,7)8)18(17)27-29(10,11)21(3,4)5/h14-15,17-20H,1H2,2-13H3/t15?,17-,18+,19?,20+/m1/s1. The molecule has 0 spiro atoms. The monoisotopic (exact) mass is 460 g/mol. The number of rotatable bonds is 7. The van der Waals surface area contributed by atoms with Gasteiger partial charge < -0.3 is 23.1 Å². The summed E-state index contributed by atoms with van der Waals surface area (Å²) in [6.07, 6.45) is -1.48. The minimum atomic E-state index is -2.22. The lowest BCUT2D eigenvalue weighted by Gasteiger charge is -2.51. The normalized spacial score (nSPS) is 28.9. The van der Waals surface area contributed by atoms with Crippen LogP contribution in [0.15, 0.2) is 12.7 Å². The highest BCUT2D eigenvalue weighted by Crippen LogP contribution is 2.43. The Hall–Kier alpha value is -0.516. The number of carbonyl (C=O) groups is 1. The van der Waals surface area contributed by atoms with Crippen molar-refractivity contribution in [2.24, 2.45) is 0 Å². The van der Waals surface area contributed by atoms with Crippen LogP contribution in [0.5, 0.6) is 0 Å². The third-order valence-corrected chi connectivity index (χ3v) is 15.8. The molecule has 0 radical (unpaired) electrons. The molecule has 1 aliphatic rings. The van der Waals surface area contributed by atoms with Gasteiger partial charge in [0.25, 0.3) is 0 Å². The fourth-order valence-electron chi connectivity index (χ4n) is 2.80. The summed E-state index contributed by atoms with van der Waals surface area (Å²) in [4.78, 5) is 12.1. The largest absolute Gasteiger partial charge is 0.454 e. The number of methoxy groups -OCH3 is 1. The quantitative estimate of drug-likeness (QED) is 0.293. The zero-order chi connectivity index (χ0) is 23.7. The molecule has 0 saturated carbocycles. The predicted octanol–water partition coefficient (Wildman–Crippen LogP) is 5.26. The van der Waals surface area contributed by atoms with Gasteiger partial charge in [0.1, 0.15) is 12.2 Å². The zero-order valence-corrected chi connectivity index (χ0v) is 23.1. The van der Waals surface area contributed by atoms with Crippen molar-refractivity contribution in [2.45, 2.75) is 115 Å². The Morgan fingerprint density at radius 1 is 0.900 bits per heavy atom. The van der Waals surface area contributed by atoms with Crippen LogP contribution in [0.25, 0.3) is 0 Å². The molecule has 1 aliphatic heterocycles. The van der Waals surface area contributed by atoms with Crippen molar-refractivity contribution in [1.82, 2.24) is 0 Å². The molecule has 1 saturated heterocycles. The lowest BCUT2D eigenvalue weighted by molar-refractivity contribution is -0.282. The highest BCUT2D eigenvalue weighted by Gasteiger charge is 2.54. The Morgan fingerprint density at radius 3 is 1.70 bits per heavy atom. The second-order valence-electron chi connectivity index (χ2n) is 11.2. The second-order valence-corrected chi connectivity index (χ2v) is 20.7. The van der Waals surface area contributed by atoms with E-state index in [1.165, 1.54) is 6.08 Å². The maximum atomic E-state index is 12.1. The molecule has 0 amide bonds. The highest BCUT2D eigenvalue weighted by molar-refractivity contribution is 6.74. The maximum absolute atomic E-state index is 12.1. The van der Waals surface area contributed by atoms with Gasteiger partial charge in [0, 0.05) is 13.2 Å². The van der Waals surface area contributed by atoms with Crippen molar-refractivity contribution in [3.05, 3.63) is 12.7 Å². The van der Waals surface area contributed by atoms with E-state index < -0.39 is 53.3 Å². The van der Waals surface area contributed by atoms with Crippen molar-refractivity contribution in [3.8, 4) is 0 Å². The van der Waals surface area contributed by atoms with Gasteiger partial charge in [-0.2, -0.15) is 0 Å². The molecule has 8 heteroatoms. The van der Waals surface area contributed by atoms with Gasteiger partial charge in [0.15, 0.2) is 29.0 Å². The molecule has 0 bridgehead atoms. The van der Waals surface area contributed by atoms with E-state index in [1.807, 2.05) is 6.92 Å². The molecule has 5 atom stereocenters. The Morgan fingerprint density at radius 2 is 1.33 bits per heavy atom. The first-order valence-electron chi connectivity index (χ1n) is 10.7. The summed E-state index contributed by atoms with van der Waals surface area (Å²) in [6.45, 7) is 27.3. The molecule has 6 nitrogen and oxygen atoms in total. The molecule has 1 fully saturated rings. The van der Waals surface area contributed by atoms with E-state index in [2.05, 4.69) is 74.3 Å². The number of hydrogen-bond acceptors (Lipinski definition) is 6. The molecule has 0 aromatic rings. The molecule has 0 aliphatic carbocycles. The lowest BCUT2D eigenvalue weighted by atomic mass is 9.99. The molecule has 0 aromatic carbocycles. The first-order chi connectivity index (χ1) is 13.4. The van der Waals surface area contributed by atoms with E-state index in [9.17, 15) is 4.79 Å². The van der Waals surface area contributed by atoms with Gasteiger partial charge in [0.05, 0.1) is 6.10 Å². The summed E-state index contributed by atoms with van der Waals surface area (Å²) < 4.78 is 31.1. The van der Waals surface area contributed by atoms with Crippen molar-refractivity contribution in [3.63, 3.8) is 0 Å². The zero-order valence-electron chi connectivity index (χ0n) is 21.1. The van der Waals surface area contributed by atoms with Crippen molar-refractivity contribution < 1.29 is 27.9 Å². The molecule has 2 unspecified atom stereocenters. The van der Waals surface area contributed by atoms with Crippen molar-refractivity contribution in [1.29, 1.82) is 0 Å². The van der Waals surface area contributed by atoms with Crippen molar-refractivity contribution in [2.75, 3.05) is 7.11 Å². The second kappa shape index (κ2) is 9.54. The van der Waals surface area contributed by atoms with E-state index in [-0.39, 0.29) is 10.1 Å². The first-order valence-corrected chi connectivity index (χ1v) is 16.6. The van der Waals surface area contributed by atoms with E-state index >= 15 is 0 Å². The van der Waals surface area contributed by atoms with E-state index in [0.29, 0.717) is 0 Å². The van der Waals surface area contributed by atoms with Gasteiger partial charge in [-0.25, -0.2) is 4.79 Å². The third kappa shape index (κ3) is 6.26. The van der Waals surface area contributed by atoms with Gasteiger partial charge in [-0.05, 0) is 43.2 Å². The number of esters is 1. The molecule has 30 heavy (non-hydrogen) atoms. The topological polar surface area (TPSA) is 63.2 Å². The minimum absolute atomic E-state index is 0.0107. The van der Waals surface area contributed by atoms with Gasteiger partial charge in [-0.3, -0.25) is 0 Å². The van der Waals surface area contributed by atoms with Crippen LogP contribution < -0.4 is 0 Å².